The van der Waals surface area contributed by atoms with E-state index in [4.69, 9.17) is 11.5 Å². The lowest BCUT2D eigenvalue weighted by molar-refractivity contribution is -0.127. The molecule has 1 amide bonds. The Bertz CT molecular complexity index is 192. The van der Waals surface area contributed by atoms with Crippen molar-refractivity contribution in [2.45, 2.75) is 25.7 Å². The van der Waals surface area contributed by atoms with Crippen molar-refractivity contribution in [1.82, 2.24) is 9.80 Å². The number of hydrogen-bond donors (Lipinski definition) is 2. The number of likely N-dealkylation sites (tertiary alicyclic amines) is 2. The van der Waals surface area contributed by atoms with Crippen LogP contribution in [0.15, 0.2) is 0 Å². The molecular formula is C10H22N4O. The lowest BCUT2D eigenvalue weighted by atomic mass is 10.4. The summed E-state index contributed by atoms with van der Waals surface area (Å²) >= 11 is 0. The van der Waals surface area contributed by atoms with Crippen LogP contribution >= 0.6 is 0 Å². The average Bonchev–Trinajstić information content (AvgIpc) is 2.88. The highest BCUT2D eigenvalue weighted by molar-refractivity contribution is 5.77. The van der Waals surface area contributed by atoms with Crippen LogP contribution in [0.2, 0.25) is 0 Å². The van der Waals surface area contributed by atoms with Gasteiger partial charge in [-0.15, -0.1) is 0 Å². The lowest BCUT2D eigenvalue weighted by Gasteiger charge is -2.09. The zero-order valence-electron chi connectivity index (χ0n) is 9.32. The summed E-state index contributed by atoms with van der Waals surface area (Å²) < 4.78 is 0. The van der Waals surface area contributed by atoms with Crippen molar-refractivity contribution in [3.8, 4) is 0 Å². The van der Waals surface area contributed by atoms with E-state index >= 15 is 0 Å². The van der Waals surface area contributed by atoms with E-state index in [1.165, 1.54) is 25.9 Å². The van der Waals surface area contributed by atoms with Gasteiger partial charge in [-0.1, -0.05) is 0 Å². The van der Waals surface area contributed by atoms with Gasteiger partial charge in [0.2, 0.25) is 5.91 Å². The maximum atomic E-state index is 10.7. The monoisotopic (exact) mass is 214 g/mol. The van der Waals surface area contributed by atoms with Crippen LogP contribution in [0.1, 0.15) is 25.7 Å². The molecule has 0 radical (unpaired) electrons. The second-order valence-corrected chi connectivity index (χ2v) is 3.95. The fourth-order valence-corrected chi connectivity index (χ4v) is 1.86. The van der Waals surface area contributed by atoms with Gasteiger partial charge in [0.05, 0.1) is 6.67 Å². The Morgan fingerprint density at radius 3 is 1.93 bits per heavy atom. The standard InChI is InChI=1S/C5H10N2O.C5H12N2/c6-4-7-3-1-2-5(7)8;6-5-7-3-1-2-4-7/h1-4,6H2;1-6H2. The molecule has 2 aliphatic rings. The molecule has 2 saturated heterocycles. The molecule has 2 aliphatic heterocycles. The third kappa shape index (κ3) is 4.15. The van der Waals surface area contributed by atoms with Crippen LogP contribution < -0.4 is 11.5 Å². The topological polar surface area (TPSA) is 75.6 Å². The van der Waals surface area contributed by atoms with E-state index < -0.39 is 0 Å². The molecule has 0 saturated carbocycles. The van der Waals surface area contributed by atoms with Crippen molar-refractivity contribution >= 4 is 5.91 Å². The first-order valence-electron chi connectivity index (χ1n) is 5.68. The maximum absolute atomic E-state index is 10.7. The Morgan fingerprint density at radius 2 is 1.67 bits per heavy atom. The zero-order chi connectivity index (χ0) is 11.1. The summed E-state index contributed by atoms with van der Waals surface area (Å²) in [6.45, 7) is 4.43. The number of hydrogen-bond acceptors (Lipinski definition) is 4. The van der Waals surface area contributed by atoms with Crippen molar-refractivity contribution < 1.29 is 4.79 Å². The second kappa shape index (κ2) is 6.76. The minimum absolute atomic E-state index is 0.201. The molecule has 4 N–H and O–H groups in total. The van der Waals surface area contributed by atoms with Crippen LogP contribution in [0.3, 0.4) is 0 Å². The van der Waals surface area contributed by atoms with E-state index in [-0.39, 0.29) is 5.91 Å². The Labute approximate surface area is 91.4 Å². The van der Waals surface area contributed by atoms with Crippen molar-refractivity contribution in [2.75, 3.05) is 33.0 Å². The number of amides is 1. The highest BCUT2D eigenvalue weighted by Gasteiger charge is 2.17. The quantitative estimate of drug-likeness (QED) is 0.651. The number of carbonyl (C=O) groups is 1. The molecule has 0 bridgehead atoms. The second-order valence-electron chi connectivity index (χ2n) is 3.95. The third-order valence-electron chi connectivity index (χ3n) is 2.85. The minimum Gasteiger partial charge on any atom is -0.330 e. The predicted octanol–water partition coefficient (Wildman–Crippen LogP) is -0.477. The molecule has 88 valence electrons. The molecule has 0 spiro atoms. The lowest BCUT2D eigenvalue weighted by Crippen LogP contribution is -2.30. The Kier molecular flexibility index (Phi) is 5.60. The van der Waals surface area contributed by atoms with E-state index in [0.29, 0.717) is 13.1 Å². The van der Waals surface area contributed by atoms with Crippen LogP contribution in [-0.4, -0.2) is 48.7 Å². The largest absolute Gasteiger partial charge is 0.330 e. The van der Waals surface area contributed by atoms with Gasteiger partial charge in [-0.05, 0) is 32.4 Å². The van der Waals surface area contributed by atoms with Gasteiger partial charge >= 0.3 is 0 Å². The summed E-state index contributed by atoms with van der Waals surface area (Å²) in [5.41, 5.74) is 10.6. The fraction of sp³-hybridized carbons (Fsp3) is 0.900. The molecular weight excluding hydrogens is 192 g/mol. The van der Waals surface area contributed by atoms with Crippen LogP contribution in [0, 0.1) is 0 Å². The SMILES string of the molecule is NCN1CCCC1.NCN1CCCC1=O. The molecule has 15 heavy (non-hydrogen) atoms. The van der Waals surface area contributed by atoms with Gasteiger partial charge in [0.1, 0.15) is 0 Å². The van der Waals surface area contributed by atoms with Crippen LogP contribution in [0.4, 0.5) is 0 Å². The Balaban J connectivity index is 0.000000151. The van der Waals surface area contributed by atoms with E-state index in [1.807, 2.05) is 0 Å². The number of carbonyl (C=O) groups excluding carboxylic acids is 1. The maximum Gasteiger partial charge on any atom is 0.223 e. The normalized spacial score (nSPS) is 21.7. The summed E-state index contributed by atoms with van der Waals surface area (Å²) in [7, 11) is 0. The summed E-state index contributed by atoms with van der Waals surface area (Å²) in [6.07, 6.45) is 4.36. The highest BCUT2D eigenvalue weighted by atomic mass is 16.2. The summed E-state index contributed by atoms with van der Waals surface area (Å²) in [5, 5.41) is 0. The van der Waals surface area contributed by atoms with Crippen molar-refractivity contribution in [1.29, 1.82) is 0 Å². The third-order valence-corrected chi connectivity index (χ3v) is 2.85. The van der Waals surface area contributed by atoms with E-state index in [1.54, 1.807) is 4.90 Å². The number of nitrogens with zero attached hydrogens (tertiary/aromatic N) is 2. The minimum atomic E-state index is 0.201. The molecule has 0 atom stereocenters. The first kappa shape index (κ1) is 12.4. The van der Waals surface area contributed by atoms with Gasteiger partial charge in [0.15, 0.2) is 0 Å². The fourth-order valence-electron chi connectivity index (χ4n) is 1.86. The van der Waals surface area contributed by atoms with Gasteiger partial charge in [-0.25, -0.2) is 0 Å². The van der Waals surface area contributed by atoms with Crippen molar-refractivity contribution in [2.24, 2.45) is 11.5 Å². The van der Waals surface area contributed by atoms with Crippen molar-refractivity contribution in [3.63, 3.8) is 0 Å². The predicted molar refractivity (Wildman–Crippen MR) is 59.9 cm³/mol. The van der Waals surface area contributed by atoms with Gasteiger partial charge in [-0.3, -0.25) is 9.69 Å². The molecule has 0 aromatic carbocycles. The van der Waals surface area contributed by atoms with Gasteiger partial charge in [0, 0.05) is 19.6 Å². The zero-order valence-corrected chi connectivity index (χ0v) is 9.32. The van der Waals surface area contributed by atoms with E-state index in [0.717, 1.165) is 19.6 Å². The van der Waals surface area contributed by atoms with Crippen LogP contribution in [0.5, 0.6) is 0 Å². The molecule has 2 heterocycles. The summed E-state index contributed by atoms with van der Waals surface area (Å²) in [4.78, 5) is 14.6. The molecule has 5 nitrogen and oxygen atoms in total. The molecule has 5 heteroatoms. The molecule has 2 rings (SSSR count). The first-order chi connectivity index (χ1) is 7.27. The number of nitrogens with two attached hydrogens (primary N) is 2. The molecule has 0 unspecified atom stereocenters. The molecule has 0 aromatic heterocycles. The average molecular weight is 214 g/mol. The van der Waals surface area contributed by atoms with Crippen LogP contribution in [0.25, 0.3) is 0 Å². The smallest absolute Gasteiger partial charge is 0.223 e. The first-order valence-corrected chi connectivity index (χ1v) is 5.68. The molecule has 0 aliphatic carbocycles. The van der Waals surface area contributed by atoms with Gasteiger partial charge < -0.3 is 16.4 Å². The van der Waals surface area contributed by atoms with Gasteiger partial charge in [0.25, 0.3) is 0 Å². The number of rotatable bonds is 2. The summed E-state index contributed by atoms with van der Waals surface area (Å²) in [6, 6.07) is 0. The van der Waals surface area contributed by atoms with Gasteiger partial charge in [-0.2, -0.15) is 0 Å². The van der Waals surface area contributed by atoms with E-state index in [9.17, 15) is 4.79 Å². The molecule has 2 fully saturated rings. The summed E-state index contributed by atoms with van der Waals surface area (Å²) in [5.74, 6) is 0.201. The molecule has 0 aromatic rings. The van der Waals surface area contributed by atoms with Crippen LogP contribution in [-0.2, 0) is 4.79 Å². The Morgan fingerprint density at radius 1 is 1.00 bits per heavy atom. The highest BCUT2D eigenvalue weighted by Crippen LogP contribution is 2.06. The Hall–Kier alpha value is -0.650. The van der Waals surface area contributed by atoms with Crippen molar-refractivity contribution in [3.05, 3.63) is 0 Å². The van der Waals surface area contributed by atoms with E-state index in [2.05, 4.69) is 4.90 Å².